The highest BCUT2D eigenvalue weighted by atomic mass is 16.6. The lowest BCUT2D eigenvalue weighted by molar-refractivity contribution is 0.0939. The Bertz CT molecular complexity index is 510. The third-order valence-corrected chi connectivity index (χ3v) is 4.83. The summed E-state index contributed by atoms with van der Waals surface area (Å²) < 4.78 is 5.08. The molecule has 1 aliphatic heterocycles. The number of benzene rings is 1. The van der Waals surface area contributed by atoms with E-state index in [1.807, 2.05) is 11.8 Å². The van der Waals surface area contributed by atoms with Gasteiger partial charge in [-0.05, 0) is 50.2 Å². The second-order valence-electron chi connectivity index (χ2n) is 6.27. The topological polar surface area (TPSA) is 41.6 Å². The molecule has 0 bridgehead atoms. The fraction of sp³-hybridized carbons (Fsp3) is 0.611. The van der Waals surface area contributed by atoms with Gasteiger partial charge in [-0.15, -0.1) is 0 Å². The van der Waals surface area contributed by atoms with Crippen molar-refractivity contribution >= 4 is 6.09 Å². The average Bonchev–Trinajstić information content (AvgIpc) is 2.56. The number of aryl methyl sites for hydroxylation is 1. The molecule has 1 amide bonds. The summed E-state index contributed by atoms with van der Waals surface area (Å²) in [6.07, 6.45) is 5.54. The Balaban J connectivity index is 1.55. The van der Waals surface area contributed by atoms with Crippen LogP contribution in [0.4, 0.5) is 4.79 Å². The summed E-state index contributed by atoms with van der Waals surface area (Å²) in [7, 11) is 0. The van der Waals surface area contributed by atoms with E-state index >= 15 is 0 Å². The van der Waals surface area contributed by atoms with Gasteiger partial charge in [0.1, 0.15) is 0 Å². The predicted octanol–water partition coefficient (Wildman–Crippen LogP) is 3.27. The third kappa shape index (κ3) is 3.43. The molecule has 0 aromatic heterocycles. The van der Waals surface area contributed by atoms with Crippen LogP contribution in [0, 0.1) is 0 Å². The van der Waals surface area contributed by atoms with E-state index in [0.717, 1.165) is 25.9 Å². The monoisotopic (exact) mass is 302 g/mol. The number of nitrogens with one attached hydrogen (secondary N) is 1. The summed E-state index contributed by atoms with van der Waals surface area (Å²) >= 11 is 0. The maximum absolute atomic E-state index is 11.7. The number of nitrogens with zero attached hydrogens (tertiary/aromatic N) is 1. The first-order valence-corrected chi connectivity index (χ1v) is 8.53. The molecule has 1 N–H and O–H groups in total. The lowest BCUT2D eigenvalue weighted by Crippen LogP contribution is -2.46. The van der Waals surface area contributed by atoms with Gasteiger partial charge in [0, 0.05) is 25.2 Å². The van der Waals surface area contributed by atoms with Gasteiger partial charge in [0.15, 0.2) is 0 Å². The van der Waals surface area contributed by atoms with E-state index in [1.54, 1.807) is 0 Å². The lowest BCUT2D eigenvalue weighted by Gasteiger charge is -2.35. The minimum absolute atomic E-state index is 0.163. The number of carbonyl (C=O) groups excluding carboxylic acids is 1. The van der Waals surface area contributed by atoms with Crippen molar-refractivity contribution in [2.45, 2.75) is 51.1 Å². The molecule has 4 heteroatoms. The molecule has 0 unspecified atom stereocenters. The zero-order valence-electron chi connectivity index (χ0n) is 13.4. The zero-order valence-corrected chi connectivity index (χ0v) is 13.4. The second kappa shape index (κ2) is 7.14. The quantitative estimate of drug-likeness (QED) is 0.931. The minimum Gasteiger partial charge on any atom is -0.450 e. The van der Waals surface area contributed by atoms with Crippen LogP contribution in [0.2, 0.25) is 0 Å². The number of hydrogen-bond donors (Lipinski definition) is 1. The number of ether oxygens (including phenoxy) is 1. The maximum Gasteiger partial charge on any atom is 0.409 e. The van der Waals surface area contributed by atoms with E-state index in [4.69, 9.17) is 4.74 Å². The summed E-state index contributed by atoms with van der Waals surface area (Å²) in [6.45, 7) is 3.90. The molecule has 3 rings (SSSR count). The van der Waals surface area contributed by atoms with Crippen LogP contribution in [0.25, 0.3) is 0 Å². The third-order valence-electron chi connectivity index (χ3n) is 4.83. The Morgan fingerprint density at radius 3 is 2.82 bits per heavy atom. The highest BCUT2D eigenvalue weighted by molar-refractivity contribution is 5.67. The number of likely N-dealkylation sites (tertiary alicyclic amines) is 1. The van der Waals surface area contributed by atoms with Gasteiger partial charge in [-0.25, -0.2) is 4.79 Å². The molecule has 1 aliphatic carbocycles. The van der Waals surface area contributed by atoms with Crippen LogP contribution in [0.15, 0.2) is 24.3 Å². The summed E-state index contributed by atoms with van der Waals surface area (Å²) in [5.74, 6) is 0. The summed E-state index contributed by atoms with van der Waals surface area (Å²) in [5, 5.41) is 3.83. The largest absolute Gasteiger partial charge is 0.450 e. The molecular weight excluding hydrogens is 276 g/mol. The van der Waals surface area contributed by atoms with Gasteiger partial charge in [0.25, 0.3) is 0 Å². The van der Waals surface area contributed by atoms with Crippen LogP contribution < -0.4 is 5.32 Å². The molecule has 1 fully saturated rings. The van der Waals surface area contributed by atoms with E-state index in [-0.39, 0.29) is 6.09 Å². The number of amides is 1. The van der Waals surface area contributed by atoms with E-state index in [0.29, 0.717) is 18.7 Å². The van der Waals surface area contributed by atoms with Crippen LogP contribution in [0.1, 0.15) is 49.8 Å². The van der Waals surface area contributed by atoms with Crippen LogP contribution in [0.5, 0.6) is 0 Å². The lowest BCUT2D eigenvalue weighted by atomic mass is 9.87. The summed E-state index contributed by atoms with van der Waals surface area (Å²) in [5.41, 5.74) is 2.97. The minimum atomic E-state index is -0.163. The number of hydrogen-bond acceptors (Lipinski definition) is 3. The van der Waals surface area contributed by atoms with Crippen LogP contribution in [-0.4, -0.2) is 36.7 Å². The van der Waals surface area contributed by atoms with Crippen molar-refractivity contribution in [2.24, 2.45) is 0 Å². The van der Waals surface area contributed by atoms with Crippen molar-refractivity contribution in [3.8, 4) is 0 Å². The normalized spacial score (nSPS) is 22.2. The van der Waals surface area contributed by atoms with Crippen molar-refractivity contribution in [2.75, 3.05) is 19.7 Å². The van der Waals surface area contributed by atoms with Crippen molar-refractivity contribution in [1.82, 2.24) is 10.2 Å². The van der Waals surface area contributed by atoms with E-state index in [9.17, 15) is 4.79 Å². The average molecular weight is 302 g/mol. The number of carbonyl (C=O) groups is 1. The molecular formula is C18H26N2O2. The summed E-state index contributed by atoms with van der Waals surface area (Å²) in [4.78, 5) is 13.6. The van der Waals surface area contributed by atoms with E-state index in [1.165, 1.54) is 30.4 Å². The van der Waals surface area contributed by atoms with Crippen LogP contribution in [-0.2, 0) is 11.2 Å². The van der Waals surface area contributed by atoms with Gasteiger partial charge in [-0.1, -0.05) is 24.3 Å². The van der Waals surface area contributed by atoms with Gasteiger partial charge in [-0.3, -0.25) is 0 Å². The SMILES string of the molecule is CCOC(=O)N1CCC(N[C@@H]2CCCc3ccccc32)CC1. The molecule has 4 nitrogen and oxygen atoms in total. The smallest absolute Gasteiger partial charge is 0.409 e. The molecule has 1 heterocycles. The standard InChI is InChI=1S/C18H26N2O2/c1-2-22-18(21)20-12-10-15(11-13-20)19-17-9-5-7-14-6-3-4-8-16(14)17/h3-4,6,8,15,17,19H,2,5,7,9-13H2,1H3/t17-/m1/s1. The van der Waals surface area contributed by atoms with Gasteiger partial charge in [0.2, 0.25) is 0 Å². The molecule has 1 aromatic rings. The molecule has 2 aliphatic rings. The highest BCUT2D eigenvalue weighted by Gasteiger charge is 2.27. The fourth-order valence-corrected chi connectivity index (χ4v) is 3.66. The first kappa shape index (κ1) is 15.3. The van der Waals surface area contributed by atoms with Crippen molar-refractivity contribution in [3.05, 3.63) is 35.4 Å². The molecule has 0 spiro atoms. The molecule has 120 valence electrons. The molecule has 0 saturated carbocycles. The Labute approximate surface area is 132 Å². The second-order valence-corrected chi connectivity index (χ2v) is 6.27. The Kier molecular flexibility index (Phi) is 4.98. The van der Waals surface area contributed by atoms with Gasteiger partial charge < -0.3 is 15.0 Å². The van der Waals surface area contributed by atoms with E-state index < -0.39 is 0 Å². The van der Waals surface area contributed by atoms with Crippen molar-refractivity contribution < 1.29 is 9.53 Å². The highest BCUT2D eigenvalue weighted by Crippen LogP contribution is 2.30. The van der Waals surface area contributed by atoms with Gasteiger partial charge in [0.05, 0.1) is 6.61 Å². The molecule has 0 radical (unpaired) electrons. The van der Waals surface area contributed by atoms with Crippen LogP contribution >= 0.6 is 0 Å². The molecule has 1 aromatic carbocycles. The predicted molar refractivity (Wildman–Crippen MR) is 86.9 cm³/mol. The Hall–Kier alpha value is -1.55. The number of rotatable bonds is 3. The maximum atomic E-state index is 11.7. The number of fused-ring (bicyclic) bond motifs is 1. The van der Waals surface area contributed by atoms with Gasteiger partial charge in [-0.2, -0.15) is 0 Å². The number of piperidine rings is 1. The van der Waals surface area contributed by atoms with Gasteiger partial charge >= 0.3 is 6.09 Å². The fourth-order valence-electron chi connectivity index (χ4n) is 3.66. The van der Waals surface area contributed by atoms with E-state index in [2.05, 4.69) is 29.6 Å². The molecule has 1 atom stereocenters. The Morgan fingerprint density at radius 2 is 2.05 bits per heavy atom. The molecule has 22 heavy (non-hydrogen) atoms. The summed E-state index contributed by atoms with van der Waals surface area (Å²) in [6, 6.07) is 9.78. The van der Waals surface area contributed by atoms with Crippen molar-refractivity contribution in [3.63, 3.8) is 0 Å². The first-order chi connectivity index (χ1) is 10.8. The molecule has 1 saturated heterocycles. The van der Waals surface area contributed by atoms with Crippen LogP contribution in [0.3, 0.4) is 0 Å². The zero-order chi connectivity index (χ0) is 15.4. The first-order valence-electron chi connectivity index (χ1n) is 8.53. The Morgan fingerprint density at radius 1 is 1.27 bits per heavy atom. The van der Waals surface area contributed by atoms with Crippen molar-refractivity contribution in [1.29, 1.82) is 0 Å².